The van der Waals surface area contributed by atoms with E-state index in [1.165, 1.54) is 29.2 Å². The average Bonchev–Trinajstić information content (AvgIpc) is 3.16. The minimum atomic E-state index is -3.48. The summed E-state index contributed by atoms with van der Waals surface area (Å²) in [5.41, 5.74) is 1.21. The van der Waals surface area contributed by atoms with Crippen molar-refractivity contribution in [1.82, 2.24) is 10.2 Å². The molecule has 0 aliphatic heterocycles. The molecule has 0 fully saturated rings. The number of carbonyl (C=O) groups is 1. The highest BCUT2D eigenvalue weighted by Gasteiger charge is 2.21. The SMILES string of the molecule is CCSc1ccc(Cc2nnc(NC(=O)c3cccc(S(=O)(=O)C(C)C)c3)o2)cc1. The van der Waals surface area contributed by atoms with Gasteiger partial charge in [0.25, 0.3) is 5.91 Å². The molecule has 9 heteroatoms. The topological polar surface area (TPSA) is 102 Å². The number of nitrogens with zero attached hydrogens (tertiary/aromatic N) is 2. The highest BCUT2D eigenvalue weighted by molar-refractivity contribution is 7.99. The second-order valence-electron chi connectivity index (χ2n) is 6.83. The Morgan fingerprint density at radius 1 is 1.13 bits per heavy atom. The Kier molecular flexibility index (Phi) is 6.94. The second kappa shape index (κ2) is 9.44. The van der Waals surface area contributed by atoms with E-state index < -0.39 is 21.0 Å². The predicted octanol–water partition coefficient (Wildman–Crippen LogP) is 4.21. The Hall–Kier alpha value is -2.65. The highest BCUT2D eigenvalue weighted by atomic mass is 32.2. The maximum atomic E-state index is 12.5. The van der Waals surface area contributed by atoms with Gasteiger partial charge in [0, 0.05) is 10.5 Å². The second-order valence-corrected chi connectivity index (χ2v) is 10.7. The van der Waals surface area contributed by atoms with E-state index in [2.05, 4.69) is 22.4 Å². The third kappa shape index (κ3) is 5.28. The van der Waals surface area contributed by atoms with Crippen LogP contribution in [-0.2, 0) is 16.3 Å². The molecule has 0 aliphatic rings. The Morgan fingerprint density at radius 3 is 2.53 bits per heavy atom. The molecule has 1 aromatic heterocycles. The van der Waals surface area contributed by atoms with Gasteiger partial charge in [0.05, 0.1) is 16.6 Å². The molecule has 0 atom stereocenters. The first-order valence-corrected chi connectivity index (χ1v) is 12.0. The van der Waals surface area contributed by atoms with E-state index in [0.29, 0.717) is 12.3 Å². The molecule has 7 nitrogen and oxygen atoms in total. The number of anilines is 1. The van der Waals surface area contributed by atoms with Crippen molar-refractivity contribution in [2.24, 2.45) is 0 Å². The molecule has 3 rings (SSSR count). The van der Waals surface area contributed by atoms with Crippen LogP contribution in [0.25, 0.3) is 0 Å². The lowest BCUT2D eigenvalue weighted by Crippen LogP contribution is -2.16. The van der Waals surface area contributed by atoms with Gasteiger partial charge in [-0.2, -0.15) is 0 Å². The number of hydrogen-bond acceptors (Lipinski definition) is 7. The molecule has 0 spiro atoms. The molecule has 158 valence electrons. The number of thioether (sulfide) groups is 1. The molecule has 1 heterocycles. The van der Waals surface area contributed by atoms with E-state index in [1.807, 2.05) is 24.3 Å². The number of benzene rings is 2. The van der Waals surface area contributed by atoms with Crippen LogP contribution >= 0.6 is 11.8 Å². The van der Waals surface area contributed by atoms with E-state index in [0.717, 1.165) is 11.3 Å². The third-order valence-electron chi connectivity index (χ3n) is 4.32. The van der Waals surface area contributed by atoms with Crippen molar-refractivity contribution >= 4 is 33.5 Å². The molecular formula is C21H23N3O4S2. The lowest BCUT2D eigenvalue weighted by Gasteiger charge is -2.09. The van der Waals surface area contributed by atoms with Crippen molar-refractivity contribution in [2.75, 3.05) is 11.1 Å². The van der Waals surface area contributed by atoms with Gasteiger partial charge in [0.15, 0.2) is 9.84 Å². The van der Waals surface area contributed by atoms with Crippen molar-refractivity contribution in [3.8, 4) is 0 Å². The normalized spacial score (nSPS) is 11.6. The first-order chi connectivity index (χ1) is 14.3. The van der Waals surface area contributed by atoms with Gasteiger partial charge in [-0.05, 0) is 55.5 Å². The van der Waals surface area contributed by atoms with Crippen molar-refractivity contribution in [1.29, 1.82) is 0 Å². The number of aromatic nitrogens is 2. The number of hydrogen-bond donors (Lipinski definition) is 1. The summed E-state index contributed by atoms with van der Waals surface area (Å²) in [6.07, 6.45) is 0.446. The largest absolute Gasteiger partial charge is 0.407 e. The summed E-state index contributed by atoms with van der Waals surface area (Å²) in [6, 6.07) is 13.9. The summed E-state index contributed by atoms with van der Waals surface area (Å²) in [5, 5.41) is 9.76. The molecule has 3 aromatic rings. The molecule has 0 unspecified atom stereocenters. The van der Waals surface area contributed by atoms with Crippen LogP contribution in [0.5, 0.6) is 0 Å². The lowest BCUT2D eigenvalue weighted by atomic mass is 10.1. The zero-order valence-electron chi connectivity index (χ0n) is 17.0. The summed E-state index contributed by atoms with van der Waals surface area (Å²) in [6.45, 7) is 5.29. The van der Waals surface area contributed by atoms with Crippen LogP contribution in [0.15, 0.2) is 62.7 Å². The van der Waals surface area contributed by atoms with Gasteiger partial charge in [0.2, 0.25) is 5.89 Å². The molecule has 30 heavy (non-hydrogen) atoms. The van der Waals surface area contributed by atoms with Gasteiger partial charge in [-0.15, -0.1) is 16.9 Å². The van der Waals surface area contributed by atoms with Crippen LogP contribution in [0.2, 0.25) is 0 Å². The fourth-order valence-corrected chi connectivity index (χ4v) is 4.44. The number of amides is 1. The monoisotopic (exact) mass is 445 g/mol. The van der Waals surface area contributed by atoms with E-state index >= 15 is 0 Å². The van der Waals surface area contributed by atoms with E-state index in [-0.39, 0.29) is 16.5 Å². The van der Waals surface area contributed by atoms with Crippen molar-refractivity contribution < 1.29 is 17.6 Å². The van der Waals surface area contributed by atoms with Crippen LogP contribution in [-0.4, -0.2) is 35.5 Å². The summed E-state index contributed by atoms with van der Waals surface area (Å²) < 4.78 is 30.2. The molecule has 0 saturated carbocycles. The molecule has 1 amide bonds. The summed E-state index contributed by atoms with van der Waals surface area (Å²) in [7, 11) is -3.48. The predicted molar refractivity (Wildman–Crippen MR) is 117 cm³/mol. The van der Waals surface area contributed by atoms with Crippen LogP contribution in [0.4, 0.5) is 6.01 Å². The maximum absolute atomic E-state index is 12.5. The number of nitrogens with one attached hydrogen (secondary N) is 1. The van der Waals surface area contributed by atoms with Gasteiger partial charge in [-0.1, -0.05) is 30.2 Å². The zero-order valence-corrected chi connectivity index (χ0v) is 18.6. The third-order valence-corrected chi connectivity index (χ3v) is 7.37. The molecule has 0 radical (unpaired) electrons. The Bertz CT molecular complexity index is 1120. The standard InChI is InChI=1S/C21H23N3O4S2/c1-4-29-17-10-8-15(9-11-17)12-19-23-24-21(28-19)22-20(25)16-6-5-7-18(13-16)30(26,27)14(2)3/h5-11,13-14H,4,12H2,1-3H3,(H,22,24,25). The molecular weight excluding hydrogens is 422 g/mol. The molecule has 1 N–H and O–H groups in total. The number of rotatable bonds is 8. The average molecular weight is 446 g/mol. The molecule has 0 saturated heterocycles. The van der Waals surface area contributed by atoms with Gasteiger partial charge < -0.3 is 4.42 Å². The summed E-state index contributed by atoms with van der Waals surface area (Å²) >= 11 is 1.77. The van der Waals surface area contributed by atoms with Gasteiger partial charge in [0.1, 0.15) is 0 Å². The van der Waals surface area contributed by atoms with E-state index in [1.54, 1.807) is 25.6 Å². The van der Waals surface area contributed by atoms with Crippen LogP contribution < -0.4 is 5.32 Å². The van der Waals surface area contributed by atoms with Crippen molar-refractivity contribution in [3.63, 3.8) is 0 Å². The number of sulfone groups is 1. The van der Waals surface area contributed by atoms with Gasteiger partial charge in [-0.3, -0.25) is 10.1 Å². The fraction of sp³-hybridized carbons (Fsp3) is 0.286. The maximum Gasteiger partial charge on any atom is 0.322 e. The van der Waals surface area contributed by atoms with Crippen molar-refractivity contribution in [2.45, 2.75) is 42.2 Å². The minimum Gasteiger partial charge on any atom is -0.407 e. The van der Waals surface area contributed by atoms with Gasteiger partial charge >= 0.3 is 6.01 Å². The fourth-order valence-electron chi connectivity index (χ4n) is 2.68. The Balaban J connectivity index is 1.68. The summed E-state index contributed by atoms with van der Waals surface area (Å²) in [4.78, 5) is 13.8. The molecule has 0 bridgehead atoms. The summed E-state index contributed by atoms with van der Waals surface area (Å²) in [5.74, 6) is 0.863. The van der Waals surface area contributed by atoms with Crippen LogP contribution in [0.1, 0.15) is 42.6 Å². The highest BCUT2D eigenvalue weighted by Crippen LogP contribution is 2.20. The smallest absolute Gasteiger partial charge is 0.322 e. The zero-order chi connectivity index (χ0) is 21.7. The lowest BCUT2D eigenvalue weighted by molar-refractivity contribution is 0.102. The van der Waals surface area contributed by atoms with E-state index in [9.17, 15) is 13.2 Å². The molecule has 0 aliphatic carbocycles. The first kappa shape index (κ1) is 22.0. The van der Waals surface area contributed by atoms with Gasteiger partial charge in [-0.25, -0.2) is 8.42 Å². The van der Waals surface area contributed by atoms with E-state index in [4.69, 9.17) is 4.42 Å². The quantitative estimate of drug-likeness (QED) is 0.518. The first-order valence-electron chi connectivity index (χ1n) is 9.49. The van der Waals surface area contributed by atoms with Crippen LogP contribution in [0, 0.1) is 0 Å². The van der Waals surface area contributed by atoms with Crippen molar-refractivity contribution in [3.05, 3.63) is 65.5 Å². The van der Waals surface area contributed by atoms with Crippen LogP contribution in [0.3, 0.4) is 0 Å². The Morgan fingerprint density at radius 2 is 1.87 bits per heavy atom. The Labute approximate surface area is 180 Å². The molecule has 2 aromatic carbocycles. The minimum absolute atomic E-state index is 0.0368. The number of carbonyl (C=O) groups excluding carboxylic acids is 1.